The minimum absolute atomic E-state index is 0.360. The molecule has 0 atom stereocenters. The fourth-order valence-corrected chi connectivity index (χ4v) is 2.91. The van der Waals surface area contributed by atoms with Crippen molar-refractivity contribution in [2.45, 2.75) is 13.8 Å². The predicted molar refractivity (Wildman–Crippen MR) is 86.6 cm³/mol. The Bertz CT molecular complexity index is 1070. The summed E-state index contributed by atoms with van der Waals surface area (Å²) in [5.74, 6) is 0. The summed E-state index contributed by atoms with van der Waals surface area (Å²) in [6.07, 6.45) is 1.69. The molecule has 0 saturated carbocycles. The lowest BCUT2D eigenvalue weighted by Gasteiger charge is -2.10. The quantitative estimate of drug-likeness (QED) is 0.502. The van der Waals surface area contributed by atoms with Gasteiger partial charge in [-0.2, -0.15) is 0 Å². The Balaban J connectivity index is 2.17. The van der Waals surface area contributed by atoms with Crippen LogP contribution in [0.15, 0.2) is 58.0 Å². The van der Waals surface area contributed by atoms with E-state index in [1.165, 1.54) is 5.56 Å². The first-order valence-electron chi connectivity index (χ1n) is 7.11. The van der Waals surface area contributed by atoms with Crippen molar-refractivity contribution in [1.29, 1.82) is 0 Å². The predicted octanol–water partition coefficient (Wildman–Crippen LogP) is 3.75. The van der Waals surface area contributed by atoms with Crippen molar-refractivity contribution in [3.05, 3.63) is 70.3 Å². The van der Waals surface area contributed by atoms with E-state index in [0.717, 1.165) is 22.2 Å². The van der Waals surface area contributed by atoms with Crippen LogP contribution in [-0.2, 0) is 0 Å². The zero-order valence-electron chi connectivity index (χ0n) is 12.3. The molecule has 4 rings (SSSR count). The molecule has 4 aromatic rings. The maximum atomic E-state index is 12.1. The first-order chi connectivity index (χ1) is 10.6. The fourth-order valence-electron chi connectivity index (χ4n) is 2.91. The monoisotopic (exact) mass is 290 g/mol. The largest absolute Gasteiger partial charge is 0.421 e. The number of nitrogens with zero attached hydrogens (tertiary/aromatic N) is 2. The molecular weight excluding hydrogens is 276 g/mol. The Kier molecular flexibility index (Phi) is 2.66. The second-order valence-electron chi connectivity index (χ2n) is 5.49. The average Bonchev–Trinajstić information content (AvgIpc) is 2.93. The Labute approximate surface area is 126 Å². The van der Waals surface area contributed by atoms with Crippen molar-refractivity contribution >= 4 is 22.0 Å². The molecule has 2 aromatic carbocycles. The van der Waals surface area contributed by atoms with Gasteiger partial charge in [-0.3, -0.25) is 4.57 Å². The molecule has 0 amide bonds. The topological polar surface area (TPSA) is 48.0 Å². The molecule has 0 fully saturated rings. The lowest BCUT2D eigenvalue weighted by atomic mass is 10.1. The van der Waals surface area contributed by atoms with Crippen LogP contribution in [0.5, 0.6) is 0 Å². The molecule has 2 heterocycles. The summed E-state index contributed by atoms with van der Waals surface area (Å²) in [5.41, 5.74) is 4.68. The van der Waals surface area contributed by atoms with Gasteiger partial charge in [-0.05, 0) is 37.6 Å². The van der Waals surface area contributed by atoms with Gasteiger partial charge >= 0.3 is 5.63 Å². The van der Waals surface area contributed by atoms with Gasteiger partial charge in [-0.25, -0.2) is 9.78 Å². The molecule has 22 heavy (non-hydrogen) atoms. The third-order valence-electron chi connectivity index (χ3n) is 3.92. The number of para-hydroxylation sites is 1. The Morgan fingerprint density at radius 2 is 1.91 bits per heavy atom. The van der Waals surface area contributed by atoms with Crippen molar-refractivity contribution < 1.29 is 4.42 Å². The van der Waals surface area contributed by atoms with Crippen LogP contribution in [-0.4, -0.2) is 9.55 Å². The third-order valence-corrected chi connectivity index (χ3v) is 3.92. The van der Waals surface area contributed by atoms with E-state index in [2.05, 4.69) is 37.0 Å². The first-order valence-corrected chi connectivity index (χ1v) is 7.11. The standard InChI is InChI=1S/C18H14N2O2/c1-11-7-8-14(12(2)9-11)20-10-19-16-17(20)13-5-3-4-6-15(13)22-18(16)21/h3-10H,1-2H3. The van der Waals surface area contributed by atoms with Gasteiger partial charge in [0.1, 0.15) is 11.9 Å². The lowest BCUT2D eigenvalue weighted by molar-refractivity contribution is 0.568. The van der Waals surface area contributed by atoms with Crippen molar-refractivity contribution in [3.63, 3.8) is 0 Å². The number of imidazole rings is 1. The molecule has 0 N–H and O–H groups in total. The Hall–Kier alpha value is -2.88. The normalized spacial score (nSPS) is 11.4. The lowest BCUT2D eigenvalue weighted by Crippen LogP contribution is -2.02. The summed E-state index contributed by atoms with van der Waals surface area (Å²) in [7, 11) is 0. The highest BCUT2D eigenvalue weighted by Gasteiger charge is 2.14. The van der Waals surface area contributed by atoms with Gasteiger partial charge < -0.3 is 4.42 Å². The van der Waals surface area contributed by atoms with Crippen molar-refractivity contribution in [1.82, 2.24) is 9.55 Å². The zero-order chi connectivity index (χ0) is 15.3. The van der Waals surface area contributed by atoms with Gasteiger partial charge in [0.25, 0.3) is 0 Å². The van der Waals surface area contributed by atoms with Gasteiger partial charge in [0.05, 0.1) is 11.2 Å². The van der Waals surface area contributed by atoms with Crippen LogP contribution in [0.25, 0.3) is 27.7 Å². The first kappa shape index (κ1) is 12.8. The molecule has 0 bridgehead atoms. The van der Waals surface area contributed by atoms with E-state index >= 15 is 0 Å². The summed E-state index contributed by atoms with van der Waals surface area (Å²) < 4.78 is 7.30. The molecule has 0 aliphatic heterocycles. The molecule has 0 aliphatic rings. The van der Waals surface area contributed by atoms with E-state index < -0.39 is 5.63 Å². The van der Waals surface area contributed by atoms with Gasteiger partial charge in [-0.1, -0.05) is 29.8 Å². The molecule has 0 aliphatic carbocycles. The second kappa shape index (κ2) is 4.56. The number of aromatic nitrogens is 2. The molecule has 108 valence electrons. The molecule has 0 unspecified atom stereocenters. The van der Waals surface area contributed by atoms with Crippen LogP contribution in [0.1, 0.15) is 11.1 Å². The van der Waals surface area contributed by atoms with Crippen LogP contribution < -0.4 is 5.63 Å². The number of fused-ring (bicyclic) bond motifs is 3. The molecule has 4 heteroatoms. The van der Waals surface area contributed by atoms with E-state index in [-0.39, 0.29) is 0 Å². The SMILES string of the molecule is Cc1ccc(-n2cnc3c(=O)oc4ccccc4c32)c(C)c1. The second-order valence-corrected chi connectivity index (χ2v) is 5.49. The van der Waals surface area contributed by atoms with Crippen LogP contribution in [0, 0.1) is 13.8 Å². The molecule has 4 nitrogen and oxygen atoms in total. The molecule has 2 aromatic heterocycles. The zero-order valence-corrected chi connectivity index (χ0v) is 12.3. The van der Waals surface area contributed by atoms with Crippen molar-refractivity contribution in [2.75, 3.05) is 0 Å². The summed E-state index contributed by atoms with van der Waals surface area (Å²) in [4.78, 5) is 16.4. The van der Waals surface area contributed by atoms with Crippen LogP contribution in [0.3, 0.4) is 0 Å². The summed E-state index contributed by atoms with van der Waals surface area (Å²) >= 11 is 0. The minimum atomic E-state index is -0.405. The number of aryl methyl sites for hydroxylation is 2. The number of rotatable bonds is 1. The van der Waals surface area contributed by atoms with Crippen molar-refractivity contribution in [3.8, 4) is 5.69 Å². The Morgan fingerprint density at radius 1 is 1.09 bits per heavy atom. The summed E-state index contributed by atoms with van der Waals surface area (Å²) in [6, 6.07) is 13.8. The highest BCUT2D eigenvalue weighted by molar-refractivity contribution is 6.01. The Morgan fingerprint density at radius 3 is 2.73 bits per heavy atom. The number of hydrogen-bond acceptors (Lipinski definition) is 3. The van der Waals surface area contributed by atoms with E-state index in [0.29, 0.717) is 11.1 Å². The van der Waals surface area contributed by atoms with Gasteiger partial charge in [0, 0.05) is 5.39 Å². The highest BCUT2D eigenvalue weighted by atomic mass is 16.4. The average molecular weight is 290 g/mol. The van der Waals surface area contributed by atoms with Crippen molar-refractivity contribution in [2.24, 2.45) is 0 Å². The van der Waals surface area contributed by atoms with E-state index in [1.807, 2.05) is 22.8 Å². The van der Waals surface area contributed by atoms with E-state index in [4.69, 9.17) is 4.42 Å². The van der Waals surface area contributed by atoms with E-state index in [9.17, 15) is 4.79 Å². The van der Waals surface area contributed by atoms with E-state index in [1.54, 1.807) is 12.4 Å². The van der Waals surface area contributed by atoms with Crippen LogP contribution >= 0.6 is 0 Å². The maximum absolute atomic E-state index is 12.1. The summed E-state index contributed by atoms with van der Waals surface area (Å²) in [6.45, 7) is 4.12. The smallest absolute Gasteiger partial charge is 0.364 e. The number of hydrogen-bond donors (Lipinski definition) is 0. The molecule has 0 spiro atoms. The highest BCUT2D eigenvalue weighted by Crippen LogP contribution is 2.26. The fraction of sp³-hybridized carbons (Fsp3) is 0.111. The summed E-state index contributed by atoms with van der Waals surface area (Å²) in [5, 5.41) is 0.884. The molecule has 0 saturated heterocycles. The van der Waals surface area contributed by atoms with Gasteiger partial charge in [0.2, 0.25) is 0 Å². The molecular formula is C18H14N2O2. The minimum Gasteiger partial charge on any atom is -0.421 e. The number of benzene rings is 2. The van der Waals surface area contributed by atoms with Crippen LogP contribution in [0.2, 0.25) is 0 Å². The van der Waals surface area contributed by atoms with Gasteiger partial charge in [0.15, 0.2) is 5.52 Å². The van der Waals surface area contributed by atoms with Gasteiger partial charge in [-0.15, -0.1) is 0 Å². The maximum Gasteiger partial charge on any atom is 0.364 e. The third kappa shape index (κ3) is 1.77. The van der Waals surface area contributed by atoms with Crippen LogP contribution in [0.4, 0.5) is 0 Å². The molecule has 0 radical (unpaired) electrons.